The molecule has 0 saturated carbocycles. The van der Waals surface area contributed by atoms with Gasteiger partial charge >= 0.3 is 6.18 Å². The number of nitrogens with two attached hydrogens (primary N) is 1. The summed E-state index contributed by atoms with van der Waals surface area (Å²) in [5.74, 6) is -0.146. The number of hydrogen-bond donors (Lipinski definition) is 1. The van der Waals surface area contributed by atoms with Gasteiger partial charge in [0.15, 0.2) is 0 Å². The summed E-state index contributed by atoms with van der Waals surface area (Å²) in [6.45, 7) is 2.87. The van der Waals surface area contributed by atoms with Crippen LogP contribution in [-0.4, -0.2) is 34.9 Å². The fraction of sp³-hybridized carbons (Fsp3) is 0.500. The number of carbonyl (C=O) groups is 1. The van der Waals surface area contributed by atoms with Gasteiger partial charge in [-0.25, -0.2) is 0 Å². The zero-order valence-electron chi connectivity index (χ0n) is 10.7. The molecule has 0 radical (unpaired) electrons. The first-order valence-corrected chi connectivity index (χ1v) is 5.87. The summed E-state index contributed by atoms with van der Waals surface area (Å²) in [5.41, 5.74) is 4.95. The Labute approximate surface area is 120 Å². The zero-order valence-corrected chi connectivity index (χ0v) is 11.5. The van der Waals surface area contributed by atoms with Gasteiger partial charge in [-0.3, -0.25) is 9.78 Å². The molecule has 20 heavy (non-hydrogen) atoms. The maximum Gasteiger partial charge on any atom is 0.433 e. The van der Waals surface area contributed by atoms with Crippen molar-refractivity contribution in [1.82, 2.24) is 9.88 Å². The molecule has 0 aromatic carbocycles. The SMILES string of the molecule is CC1CN(C(=O)c2ccc(C(F)(F)F)nc2)CC1N.Cl. The minimum absolute atomic E-state index is 0. The van der Waals surface area contributed by atoms with E-state index in [0.717, 1.165) is 18.3 Å². The molecular weight excluding hydrogens is 295 g/mol. The van der Waals surface area contributed by atoms with Crippen molar-refractivity contribution in [2.75, 3.05) is 13.1 Å². The number of nitrogens with zero attached hydrogens (tertiary/aromatic N) is 2. The summed E-state index contributed by atoms with van der Waals surface area (Å²) in [7, 11) is 0. The first-order valence-electron chi connectivity index (χ1n) is 5.87. The fourth-order valence-corrected chi connectivity index (χ4v) is 2.03. The average molecular weight is 310 g/mol. The van der Waals surface area contributed by atoms with Gasteiger partial charge in [-0.1, -0.05) is 6.92 Å². The Kier molecular flexibility index (Phi) is 4.99. The molecule has 1 aliphatic rings. The van der Waals surface area contributed by atoms with E-state index in [2.05, 4.69) is 4.98 Å². The van der Waals surface area contributed by atoms with E-state index in [1.807, 2.05) is 6.92 Å². The van der Waals surface area contributed by atoms with Crippen molar-refractivity contribution in [1.29, 1.82) is 0 Å². The van der Waals surface area contributed by atoms with Gasteiger partial charge in [0.25, 0.3) is 5.91 Å². The summed E-state index contributed by atoms with van der Waals surface area (Å²) in [5, 5.41) is 0. The van der Waals surface area contributed by atoms with Gasteiger partial charge < -0.3 is 10.6 Å². The van der Waals surface area contributed by atoms with Crippen molar-refractivity contribution in [2.24, 2.45) is 11.7 Å². The van der Waals surface area contributed by atoms with Crippen molar-refractivity contribution >= 4 is 18.3 Å². The molecule has 2 atom stereocenters. The van der Waals surface area contributed by atoms with Crippen LogP contribution in [0.15, 0.2) is 18.3 Å². The van der Waals surface area contributed by atoms with E-state index in [9.17, 15) is 18.0 Å². The highest BCUT2D eigenvalue weighted by atomic mass is 35.5. The van der Waals surface area contributed by atoms with E-state index in [-0.39, 0.29) is 35.8 Å². The van der Waals surface area contributed by atoms with E-state index in [0.29, 0.717) is 13.1 Å². The van der Waals surface area contributed by atoms with Crippen LogP contribution in [0.1, 0.15) is 23.0 Å². The lowest BCUT2D eigenvalue weighted by molar-refractivity contribution is -0.141. The number of aromatic nitrogens is 1. The highest BCUT2D eigenvalue weighted by molar-refractivity contribution is 5.94. The number of rotatable bonds is 1. The number of hydrogen-bond acceptors (Lipinski definition) is 3. The lowest BCUT2D eigenvalue weighted by Gasteiger charge is -2.16. The number of alkyl halides is 3. The molecule has 2 N–H and O–H groups in total. The van der Waals surface area contributed by atoms with Gasteiger partial charge in [0, 0.05) is 25.3 Å². The largest absolute Gasteiger partial charge is 0.433 e. The van der Waals surface area contributed by atoms with Gasteiger partial charge in [-0.15, -0.1) is 12.4 Å². The minimum atomic E-state index is -4.49. The number of halogens is 4. The van der Waals surface area contributed by atoms with Crippen molar-refractivity contribution in [2.45, 2.75) is 19.1 Å². The van der Waals surface area contributed by atoms with Crippen LogP contribution in [-0.2, 0) is 6.18 Å². The minimum Gasteiger partial charge on any atom is -0.337 e. The van der Waals surface area contributed by atoms with E-state index in [1.165, 1.54) is 0 Å². The molecule has 1 fully saturated rings. The maximum atomic E-state index is 12.3. The Bertz CT molecular complexity index is 468. The van der Waals surface area contributed by atoms with Gasteiger partial charge in [-0.2, -0.15) is 13.2 Å². The highest BCUT2D eigenvalue weighted by Crippen LogP contribution is 2.27. The predicted molar refractivity (Wildman–Crippen MR) is 69.5 cm³/mol. The van der Waals surface area contributed by atoms with Crippen molar-refractivity contribution in [3.63, 3.8) is 0 Å². The molecule has 1 aliphatic heterocycles. The molecule has 112 valence electrons. The summed E-state index contributed by atoms with van der Waals surface area (Å²) < 4.78 is 37.0. The van der Waals surface area contributed by atoms with Crippen LogP contribution < -0.4 is 5.73 Å². The third kappa shape index (κ3) is 3.40. The van der Waals surface area contributed by atoms with Gasteiger partial charge in [-0.05, 0) is 18.1 Å². The molecule has 8 heteroatoms. The quantitative estimate of drug-likeness (QED) is 0.862. The monoisotopic (exact) mass is 309 g/mol. The number of pyridine rings is 1. The summed E-state index contributed by atoms with van der Waals surface area (Å²) in [6.07, 6.45) is -3.54. The Morgan fingerprint density at radius 2 is 2.05 bits per heavy atom. The van der Waals surface area contributed by atoms with Crippen molar-refractivity contribution < 1.29 is 18.0 Å². The number of likely N-dealkylation sites (tertiary alicyclic amines) is 1. The van der Waals surface area contributed by atoms with Crippen molar-refractivity contribution in [3.05, 3.63) is 29.6 Å². The third-order valence-electron chi connectivity index (χ3n) is 3.26. The van der Waals surface area contributed by atoms with Crippen LogP contribution in [0.5, 0.6) is 0 Å². The van der Waals surface area contributed by atoms with Gasteiger partial charge in [0.1, 0.15) is 5.69 Å². The summed E-state index contributed by atoms with van der Waals surface area (Å²) in [6, 6.07) is 1.87. The number of carbonyl (C=O) groups excluding carboxylic acids is 1. The fourth-order valence-electron chi connectivity index (χ4n) is 2.03. The van der Waals surface area contributed by atoms with E-state index in [1.54, 1.807) is 4.90 Å². The molecule has 1 amide bonds. The molecule has 2 rings (SSSR count). The molecular formula is C12H15ClF3N3O. The zero-order chi connectivity index (χ0) is 14.2. The Morgan fingerprint density at radius 3 is 2.45 bits per heavy atom. The highest BCUT2D eigenvalue weighted by Gasteiger charge is 2.33. The Morgan fingerprint density at radius 1 is 1.40 bits per heavy atom. The summed E-state index contributed by atoms with van der Waals surface area (Å²) >= 11 is 0. The van der Waals surface area contributed by atoms with E-state index >= 15 is 0 Å². The first kappa shape index (κ1) is 16.7. The lowest BCUT2D eigenvalue weighted by atomic mass is 10.1. The molecule has 2 unspecified atom stereocenters. The topological polar surface area (TPSA) is 59.2 Å². The molecule has 1 aromatic heterocycles. The van der Waals surface area contributed by atoms with Crippen LogP contribution in [0.2, 0.25) is 0 Å². The standard InChI is InChI=1S/C12H14F3N3O.ClH/c1-7-5-18(6-9(7)16)11(19)8-2-3-10(17-4-8)12(13,14)15;/h2-4,7,9H,5-6,16H2,1H3;1H. The second-order valence-corrected chi connectivity index (χ2v) is 4.78. The second-order valence-electron chi connectivity index (χ2n) is 4.78. The summed E-state index contributed by atoms with van der Waals surface area (Å²) in [4.78, 5) is 16.9. The Hall–Kier alpha value is -1.34. The molecule has 0 spiro atoms. The van der Waals surface area contributed by atoms with Crippen LogP contribution >= 0.6 is 12.4 Å². The van der Waals surface area contributed by atoms with Crippen LogP contribution in [0, 0.1) is 5.92 Å². The molecule has 2 heterocycles. The average Bonchev–Trinajstić information content (AvgIpc) is 2.68. The molecule has 1 saturated heterocycles. The number of amides is 1. The smallest absolute Gasteiger partial charge is 0.337 e. The van der Waals surface area contributed by atoms with Crippen LogP contribution in [0.4, 0.5) is 13.2 Å². The Balaban J connectivity index is 0.00000200. The first-order chi connectivity index (χ1) is 8.79. The van der Waals surface area contributed by atoms with Gasteiger partial charge in [0.05, 0.1) is 5.56 Å². The normalized spacial score (nSPS) is 22.6. The molecule has 4 nitrogen and oxygen atoms in total. The van der Waals surface area contributed by atoms with Crippen LogP contribution in [0.3, 0.4) is 0 Å². The third-order valence-corrected chi connectivity index (χ3v) is 3.26. The van der Waals surface area contributed by atoms with Crippen molar-refractivity contribution in [3.8, 4) is 0 Å². The molecule has 0 bridgehead atoms. The maximum absolute atomic E-state index is 12.3. The van der Waals surface area contributed by atoms with Crippen LogP contribution in [0.25, 0.3) is 0 Å². The molecule has 1 aromatic rings. The van der Waals surface area contributed by atoms with E-state index < -0.39 is 11.9 Å². The predicted octanol–water partition coefficient (Wildman–Crippen LogP) is 1.94. The van der Waals surface area contributed by atoms with Gasteiger partial charge in [0.2, 0.25) is 0 Å². The molecule has 0 aliphatic carbocycles. The van der Waals surface area contributed by atoms with E-state index in [4.69, 9.17) is 5.73 Å². The lowest BCUT2D eigenvalue weighted by Crippen LogP contribution is -2.32. The second kappa shape index (κ2) is 5.97.